The third-order valence-electron chi connectivity index (χ3n) is 5.12. The lowest BCUT2D eigenvalue weighted by atomic mass is 10.00. The highest BCUT2D eigenvalue weighted by molar-refractivity contribution is 6.01. The van der Waals surface area contributed by atoms with Gasteiger partial charge < -0.3 is 5.11 Å². The second kappa shape index (κ2) is 6.27. The minimum Gasteiger partial charge on any atom is -0.478 e. The van der Waals surface area contributed by atoms with E-state index in [1.54, 1.807) is 22.8 Å². The second-order valence-corrected chi connectivity index (χ2v) is 7.05. The largest absolute Gasteiger partial charge is 0.478 e. The first kappa shape index (κ1) is 16.6. The summed E-state index contributed by atoms with van der Waals surface area (Å²) in [6.45, 7) is 0. The number of hydrogen-bond donors (Lipinski definition) is 1. The topological polar surface area (TPSA) is 68.0 Å². The molecular formula is C22H16FN3O2. The highest BCUT2D eigenvalue weighted by Gasteiger charge is 2.24. The van der Waals surface area contributed by atoms with E-state index >= 15 is 0 Å². The molecule has 138 valence electrons. The summed E-state index contributed by atoms with van der Waals surface area (Å²) in [6.07, 6.45) is 6.52. The van der Waals surface area contributed by atoms with Gasteiger partial charge in [-0.1, -0.05) is 30.3 Å². The minimum absolute atomic E-state index is 0.173. The Balaban J connectivity index is 1.74. The van der Waals surface area contributed by atoms with Gasteiger partial charge in [-0.25, -0.2) is 19.2 Å². The van der Waals surface area contributed by atoms with Crippen LogP contribution in [0.3, 0.4) is 0 Å². The van der Waals surface area contributed by atoms with Crippen molar-refractivity contribution < 1.29 is 14.3 Å². The summed E-state index contributed by atoms with van der Waals surface area (Å²) in [5.41, 5.74) is 4.17. The summed E-state index contributed by atoms with van der Waals surface area (Å²) in [5, 5.41) is 10.3. The molecule has 0 saturated heterocycles. The highest BCUT2D eigenvalue weighted by Crippen LogP contribution is 2.42. The number of benzene rings is 2. The van der Waals surface area contributed by atoms with Crippen molar-refractivity contribution in [3.8, 4) is 17.1 Å². The fourth-order valence-corrected chi connectivity index (χ4v) is 3.56. The van der Waals surface area contributed by atoms with Gasteiger partial charge in [0.15, 0.2) is 5.82 Å². The van der Waals surface area contributed by atoms with Crippen LogP contribution in [0.5, 0.6) is 0 Å². The molecule has 0 atom stereocenters. The van der Waals surface area contributed by atoms with Gasteiger partial charge in [0.1, 0.15) is 0 Å². The number of rotatable bonds is 4. The fraction of sp³-hybridized carbons (Fsp3) is 0.136. The molecular weight excluding hydrogens is 357 g/mol. The van der Waals surface area contributed by atoms with E-state index in [9.17, 15) is 14.3 Å². The number of carbonyl (C=O) groups is 1. The number of nitrogens with zero attached hydrogens (tertiary/aromatic N) is 3. The molecule has 2 aromatic carbocycles. The van der Waals surface area contributed by atoms with Crippen LogP contribution in [0.2, 0.25) is 0 Å². The van der Waals surface area contributed by atoms with Crippen LogP contribution in [0, 0.1) is 5.82 Å². The monoisotopic (exact) mass is 373 g/mol. The molecule has 0 bridgehead atoms. The van der Waals surface area contributed by atoms with Crippen LogP contribution >= 0.6 is 0 Å². The van der Waals surface area contributed by atoms with Crippen LogP contribution < -0.4 is 0 Å². The normalized spacial score (nSPS) is 13.8. The zero-order chi connectivity index (χ0) is 19.3. The SMILES string of the molecule is O=C(O)c1ccc2c(-c3cccc(C4CC4)c3)cn(-c3ncc(F)cn3)c2c1. The van der Waals surface area contributed by atoms with Crippen molar-refractivity contribution >= 4 is 16.9 Å². The summed E-state index contributed by atoms with van der Waals surface area (Å²) in [6, 6.07) is 13.4. The summed E-state index contributed by atoms with van der Waals surface area (Å²) in [5.74, 6) is -0.610. The van der Waals surface area contributed by atoms with Crippen molar-refractivity contribution in [1.29, 1.82) is 0 Å². The predicted octanol–water partition coefficient (Wildman–Crippen LogP) is 4.80. The van der Waals surface area contributed by atoms with Gasteiger partial charge in [0, 0.05) is 17.1 Å². The summed E-state index contributed by atoms with van der Waals surface area (Å²) in [4.78, 5) is 19.6. The number of fused-ring (bicyclic) bond motifs is 1. The van der Waals surface area contributed by atoms with Crippen LogP contribution in [-0.2, 0) is 0 Å². The van der Waals surface area contributed by atoms with Crippen molar-refractivity contribution in [3.05, 3.63) is 78.0 Å². The van der Waals surface area contributed by atoms with E-state index in [-0.39, 0.29) is 5.56 Å². The predicted molar refractivity (Wildman–Crippen MR) is 103 cm³/mol. The molecule has 0 spiro atoms. The summed E-state index contributed by atoms with van der Waals surface area (Å²) in [7, 11) is 0. The van der Waals surface area contributed by atoms with Gasteiger partial charge in [-0.15, -0.1) is 0 Å². The first-order chi connectivity index (χ1) is 13.6. The van der Waals surface area contributed by atoms with Crippen LogP contribution in [0.25, 0.3) is 28.0 Å². The van der Waals surface area contributed by atoms with Gasteiger partial charge in [-0.05, 0) is 42.0 Å². The molecule has 0 amide bonds. The Kier molecular flexibility index (Phi) is 3.72. The molecule has 5 nitrogen and oxygen atoms in total. The number of aromatic nitrogens is 3. The fourth-order valence-electron chi connectivity index (χ4n) is 3.56. The molecule has 2 aromatic heterocycles. The molecule has 5 rings (SSSR count). The lowest BCUT2D eigenvalue weighted by molar-refractivity contribution is 0.0697. The second-order valence-electron chi connectivity index (χ2n) is 7.05. The van der Waals surface area contributed by atoms with E-state index in [4.69, 9.17) is 0 Å². The smallest absolute Gasteiger partial charge is 0.335 e. The molecule has 1 saturated carbocycles. The van der Waals surface area contributed by atoms with E-state index in [2.05, 4.69) is 22.1 Å². The molecule has 6 heteroatoms. The first-order valence-electron chi connectivity index (χ1n) is 9.07. The zero-order valence-electron chi connectivity index (χ0n) is 14.8. The quantitative estimate of drug-likeness (QED) is 0.558. The van der Waals surface area contributed by atoms with Gasteiger partial charge in [-0.3, -0.25) is 4.57 Å². The van der Waals surface area contributed by atoms with Gasteiger partial charge in [0.25, 0.3) is 0 Å². The maximum atomic E-state index is 13.3. The lowest BCUT2D eigenvalue weighted by Crippen LogP contribution is -2.01. The van der Waals surface area contributed by atoms with Crippen molar-refractivity contribution in [2.24, 2.45) is 0 Å². The number of aromatic carboxylic acids is 1. The van der Waals surface area contributed by atoms with E-state index in [0.29, 0.717) is 17.4 Å². The van der Waals surface area contributed by atoms with Crippen LogP contribution in [0.15, 0.2) is 61.1 Å². The van der Waals surface area contributed by atoms with Crippen LogP contribution in [0.1, 0.15) is 34.7 Å². The van der Waals surface area contributed by atoms with Crippen LogP contribution in [-0.4, -0.2) is 25.6 Å². The third-order valence-corrected chi connectivity index (χ3v) is 5.12. The molecule has 1 aliphatic rings. The molecule has 2 heterocycles. The first-order valence-corrected chi connectivity index (χ1v) is 9.07. The highest BCUT2D eigenvalue weighted by atomic mass is 19.1. The molecule has 1 fully saturated rings. The van der Waals surface area contributed by atoms with E-state index < -0.39 is 11.8 Å². The van der Waals surface area contributed by atoms with Crippen molar-refractivity contribution in [2.45, 2.75) is 18.8 Å². The molecule has 0 radical (unpaired) electrons. The molecule has 28 heavy (non-hydrogen) atoms. The Morgan fingerprint density at radius 1 is 1.11 bits per heavy atom. The minimum atomic E-state index is -1.01. The number of hydrogen-bond acceptors (Lipinski definition) is 3. The standard InChI is InChI=1S/C22H16FN3O2/c23-17-10-24-22(25-11-17)26-12-19(15-3-1-2-14(8-15)13-4-5-13)18-7-6-16(21(27)28)9-20(18)26/h1-3,6-13H,4-5H2,(H,27,28). The van der Waals surface area contributed by atoms with Crippen molar-refractivity contribution in [1.82, 2.24) is 14.5 Å². The maximum Gasteiger partial charge on any atom is 0.335 e. The van der Waals surface area contributed by atoms with E-state index in [0.717, 1.165) is 28.9 Å². The lowest BCUT2D eigenvalue weighted by Gasteiger charge is -2.04. The average molecular weight is 373 g/mol. The Labute approximate surface area is 160 Å². The van der Waals surface area contributed by atoms with E-state index in [1.807, 2.05) is 18.3 Å². The summed E-state index contributed by atoms with van der Waals surface area (Å²) < 4.78 is 15.0. The molecule has 1 N–H and O–H groups in total. The Hall–Kier alpha value is -3.54. The Morgan fingerprint density at radius 3 is 2.61 bits per heavy atom. The molecule has 0 aliphatic heterocycles. The Bertz CT molecular complexity index is 1210. The molecule has 1 aliphatic carbocycles. The third kappa shape index (κ3) is 2.83. The average Bonchev–Trinajstić information content (AvgIpc) is 3.49. The Morgan fingerprint density at radius 2 is 1.89 bits per heavy atom. The van der Waals surface area contributed by atoms with Gasteiger partial charge in [0.05, 0.1) is 23.5 Å². The zero-order valence-corrected chi connectivity index (χ0v) is 14.8. The van der Waals surface area contributed by atoms with Crippen molar-refractivity contribution in [2.75, 3.05) is 0 Å². The van der Waals surface area contributed by atoms with E-state index in [1.165, 1.54) is 18.4 Å². The number of carboxylic acids is 1. The number of halogens is 1. The van der Waals surface area contributed by atoms with Gasteiger partial charge in [-0.2, -0.15) is 0 Å². The molecule has 4 aromatic rings. The van der Waals surface area contributed by atoms with Gasteiger partial charge in [0.2, 0.25) is 5.95 Å². The number of carboxylic acid groups (broad SMARTS) is 1. The molecule has 0 unspecified atom stereocenters. The van der Waals surface area contributed by atoms with Crippen molar-refractivity contribution in [3.63, 3.8) is 0 Å². The maximum absolute atomic E-state index is 13.3. The van der Waals surface area contributed by atoms with Crippen LogP contribution in [0.4, 0.5) is 4.39 Å². The van der Waals surface area contributed by atoms with Gasteiger partial charge >= 0.3 is 5.97 Å². The summed E-state index contributed by atoms with van der Waals surface area (Å²) >= 11 is 0.